The maximum absolute atomic E-state index is 12.9. The Kier molecular flexibility index (Phi) is 5.24. The Morgan fingerprint density at radius 2 is 1.90 bits per heavy atom. The summed E-state index contributed by atoms with van der Waals surface area (Å²) in [6.07, 6.45) is -4.23. The summed E-state index contributed by atoms with van der Waals surface area (Å²) >= 11 is 5.57. The van der Waals surface area contributed by atoms with Gasteiger partial charge in [-0.15, -0.1) is 0 Å². The Morgan fingerprint density at radius 3 is 2.33 bits per heavy atom. The lowest BCUT2D eigenvalue weighted by Gasteiger charge is -2.23. The maximum atomic E-state index is 12.9. The van der Waals surface area contributed by atoms with Gasteiger partial charge in [-0.25, -0.2) is 0 Å². The van der Waals surface area contributed by atoms with Crippen LogP contribution in [0, 0.1) is 16.7 Å². The van der Waals surface area contributed by atoms with Gasteiger partial charge in [0.25, 0.3) is 0 Å². The SMILES string of the molecule is CCC(C#N)(CC)C(=O)Nc1ccc(Cl)cc1C(F)(F)F. The average molecular weight is 319 g/mol. The third-order valence-corrected chi connectivity index (χ3v) is 3.63. The molecular weight excluding hydrogens is 305 g/mol. The summed E-state index contributed by atoms with van der Waals surface area (Å²) in [6, 6.07) is 4.95. The molecule has 0 radical (unpaired) electrons. The number of hydrogen-bond donors (Lipinski definition) is 1. The molecule has 0 bridgehead atoms. The van der Waals surface area contributed by atoms with Gasteiger partial charge in [0.05, 0.1) is 17.3 Å². The minimum atomic E-state index is -4.65. The van der Waals surface area contributed by atoms with Crippen molar-refractivity contribution in [2.75, 3.05) is 5.32 Å². The number of nitrogens with one attached hydrogen (secondary N) is 1. The highest BCUT2D eigenvalue weighted by Gasteiger charge is 2.38. The number of nitriles is 1. The van der Waals surface area contributed by atoms with Gasteiger partial charge >= 0.3 is 6.18 Å². The topological polar surface area (TPSA) is 52.9 Å². The van der Waals surface area contributed by atoms with Crippen LogP contribution in [0.2, 0.25) is 5.02 Å². The van der Waals surface area contributed by atoms with Crippen LogP contribution < -0.4 is 5.32 Å². The number of benzene rings is 1. The van der Waals surface area contributed by atoms with E-state index < -0.39 is 28.7 Å². The van der Waals surface area contributed by atoms with Gasteiger partial charge in [0.1, 0.15) is 5.41 Å². The second-order valence-electron chi connectivity index (χ2n) is 4.54. The summed E-state index contributed by atoms with van der Waals surface area (Å²) in [6.45, 7) is 3.28. The van der Waals surface area contributed by atoms with E-state index in [0.717, 1.165) is 12.1 Å². The fourth-order valence-corrected chi connectivity index (χ4v) is 2.05. The van der Waals surface area contributed by atoms with Crippen LogP contribution in [0.15, 0.2) is 18.2 Å². The highest BCUT2D eigenvalue weighted by atomic mass is 35.5. The first kappa shape index (κ1) is 17.3. The first-order chi connectivity index (χ1) is 9.70. The normalized spacial score (nSPS) is 11.9. The number of hydrogen-bond acceptors (Lipinski definition) is 2. The summed E-state index contributed by atoms with van der Waals surface area (Å²) in [5.41, 5.74) is -2.79. The molecule has 0 saturated heterocycles. The predicted molar refractivity (Wildman–Crippen MR) is 73.7 cm³/mol. The number of nitrogens with zero attached hydrogens (tertiary/aromatic N) is 1. The van der Waals surface area contributed by atoms with Gasteiger partial charge in [0.15, 0.2) is 0 Å². The second-order valence-corrected chi connectivity index (χ2v) is 4.98. The van der Waals surface area contributed by atoms with Gasteiger partial charge in [-0.05, 0) is 31.0 Å². The molecule has 0 aliphatic carbocycles. The van der Waals surface area contributed by atoms with Gasteiger partial charge in [-0.2, -0.15) is 18.4 Å². The monoisotopic (exact) mass is 318 g/mol. The zero-order valence-corrected chi connectivity index (χ0v) is 12.3. The molecule has 0 heterocycles. The zero-order valence-electron chi connectivity index (χ0n) is 11.5. The van der Waals surface area contributed by atoms with E-state index in [9.17, 15) is 18.0 Å². The van der Waals surface area contributed by atoms with Crippen molar-refractivity contribution in [3.63, 3.8) is 0 Å². The standard InChI is InChI=1S/C14H14ClF3N2O/c1-3-13(4-2,8-19)12(21)20-11-6-5-9(15)7-10(11)14(16,17)18/h5-7H,3-4H2,1-2H3,(H,20,21). The van der Waals surface area contributed by atoms with Gasteiger partial charge in [0, 0.05) is 5.02 Å². The molecule has 0 unspecified atom stereocenters. The molecule has 1 N–H and O–H groups in total. The fourth-order valence-electron chi connectivity index (χ4n) is 1.88. The largest absolute Gasteiger partial charge is 0.418 e. The van der Waals surface area contributed by atoms with Crippen molar-refractivity contribution < 1.29 is 18.0 Å². The van der Waals surface area contributed by atoms with E-state index >= 15 is 0 Å². The number of halogens is 4. The Morgan fingerprint density at radius 1 is 1.33 bits per heavy atom. The van der Waals surface area contributed by atoms with Gasteiger partial charge in [-0.1, -0.05) is 25.4 Å². The number of amides is 1. The van der Waals surface area contributed by atoms with Crippen LogP contribution in [-0.4, -0.2) is 5.91 Å². The quantitative estimate of drug-likeness (QED) is 0.880. The lowest BCUT2D eigenvalue weighted by Crippen LogP contribution is -2.34. The molecule has 1 amide bonds. The van der Waals surface area contributed by atoms with E-state index in [1.165, 1.54) is 6.07 Å². The van der Waals surface area contributed by atoms with Crippen molar-refractivity contribution in [1.82, 2.24) is 0 Å². The fraction of sp³-hybridized carbons (Fsp3) is 0.429. The molecule has 1 rings (SSSR count). The second kappa shape index (κ2) is 6.35. The minimum Gasteiger partial charge on any atom is -0.324 e. The summed E-state index contributed by atoms with van der Waals surface area (Å²) in [4.78, 5) is 12.2. The number of carbonyl (C=O) groups is 1. The zero-order chi connectivity index (χ0) is 16.3. The van der Waals surface area contributed by atoms with Crippen LogP contribution in [0.1, 0.15) is 32.3 Å². The first-order valence-electron chi connectivity index (χ1n) is 6.29. The third-order valence-electron chi connectivity index (χ3n) is 3.39. The first-order valence-corrected chi connectivity index (χ1v) is 6.67. The van der Waals surface area contributed by atoms with Crippen molar-refractivity contribution in [3.8, 4) is 6.07 Å². The number of anilines is 1. The van der Waals surface area contributed by atoms with E-state index in [1.807, 2.05) is 6.07 Å². The number of carbonyl (C=O) groups excluding carboxylic acids is 1. The summed E-state index contributed by atoms with van der Waals surface area (Å²) in [5, 5.41) is 11.3. The molecule has 0 fully saturated rings. The van der Waals surface area contributed by atoms with Crippen molar-refractivity contribution in [2.24, 2.45) is 5.41 Å². The molecule has 0 aliphatic rings. The van der Waals surface area contributed by atoms with Crippen molar-refractivity contribution in [3.05, 3.63) is 28.8 Å². The molecule has 21 heavy (non-hydrogen) atoms. The van der Waals surface area contributed by atoms with Crippen LogP contribution in [-0.2, 0) is 11.0 Å². The Balaban J connectivity index is 3.21. The van der Waals surface area contributed by atoms with Crippen LogP contribution in [0.25, 0.3) is 0 Å². The molecule has 0 spiro atoms. The summed E-state index contributed by atoms with van der Waals surface area (Å²) < 4.78 is 38.8. The molecule has 7 heteroatoms. The van der Waals surface area contributed by atoms with Gasteiger partial charge in [-0.3, -0.25) is 4.79 Å². The molecule has 0 saturated carbocycles. The summed E-state index contributed by atoms with van der Waals surface area (Å²) in [5.74, 6) is -0.747. The van der Waals surface area contributed by atoms with Crippen LogP contribution in [0.5, 0.6) is 0 Å². The van der Waals surface area contributed by atoms with E-state index in [4.69, 9.17) is 16.9 Å². The number of rotatable bonds is 4. The van der Waals surface area contributed by atoms with Crippen LogP contribution in [0.4, 0.5) is 18.9 Å². The number of alkyl halides is 3. The summed E-state index contributed by atoms with van der Waals surface area (Å²) in [7, 11) is 0. The molecule has 1 aromatic rings. The molecule has 0 atom stereocenters. The van der Waals surface area contributed by atoms with Crippen molar-refractivity contribution >= 4 is 23.2 Å². The van der Waals surface area contributed by atoms with E-state index in [2.05, 4.69) is 5.32 Å². The lowest BCUT2D eigenvalue weighted by molar-refractivity contribution is -0.137. The third kappa shape index (κ3) is 3.67. The highest BCUT2D eigenvalue weighted by Crippen LogP contribution is 2.37. The van der Waals surface area contributed by atoms with E-state index in [0.29, 0.717) is 0 Å². The molecular formula is C14H14ClF3N2O. The minimum absolute atomic E-state index is 0.0853. The Labute approximate surface area is 125 Å². The highest BCUT2D eigenvalue weighted by molar-refractivity contribution is 6.30. The molecule has 0 aliphatic heterocycles. The van der Waals surface area contributed by atoms with E-state index in [-0.39, 0.29) is 17.9 Å². The van der Waals surface area contributed by atoms with Crippen molar-refractivity contribution in [1.29, 1.82) is 5.26 Å². The lowest BCUT2D eigenvalue weighted by atomic mass is 9.83. The van der Waals surface area contributed by atoms with Crippen molar-refractivity contribution in [2.45, 2.75) is 32.9 Å². The average Bonchev–Trinajstić information content (AvgIpc) is 2.42. The van der Waals surface area contributed by atoms with Gasteiger partial charge < -0.3 is 5.32 Å². The smallest absolute Gasteiger partial charge is 0.324 e. The van der Waals surface area contributed by atoms with Crippen LogP contribution >= 0.6 is 11.6 Å². The Bertz CT molecular complexity index is 575. The van der Waals surface area contributed by atoms with E-state index in [1.54, 1.807) is 13.8 Å². The predicted octanol–water partition coefficient (Wildman–Crippen LogP) is 4.63. The molecule has 3 nitrogen and oxygen atoms in total. The maximum Gasteiger partial charge on any atom is 0.418 e. The molecule has 114 valence electrons. The van der Waals surface area contributed by atoms with Gasteiger partial charge in [0.2, 0.25) is 5.91 Å². The Hall–Kier alpha value is -1.74. The molecule has 1 aromatic carbocycles. The van der Waals surface area contributed by atoms with Crippen LogP contribution in [0.3, 0.4) is 0 Å². The molecule has 0 aromatic heterocycles.